The van der Waals surface area contributed by atoms with Gasteiger partial charge in [-0.25, -0.2) is 24.0 Å². The number of aliphatic hydroxyl groups excluding tert-OH is 4. The lowest BCUT2D eigenvalue weighted by atomic mass is 9.47. The second kappa shape index (κ2) is 22.8. The third-order valence-corrected chi connectivity index (χ3v) is 16.4. The number of aliphatic carboxylic acids is 4. The van der Waals surface area contributed by atoms with Gasteiger partial charge in [0.15, 0.2) is 30.5 Å². The minimum absolute atomic E-state index is 0. The summed E-state index contributed by atoms with van der Waals surface area (Å²) in [5.74, 6) is -8.39. The number of benzene rings is 2. The molecule has 0 radical (unpaired) electrons. The van der Waals surface area contributed by atoms with E-state index in [0.29, 0.717) is 50.2 Å². The largest absolute Gasteiger partial charge is 0.496 e. The maximum atomic E-state index is 15.2. The van der Waals surface area contributed by atoms with E-state index in [-0.39, 0.29) is 25.4 Å². The Labute approximate surface area is 449 Å². The Morgan fingerprint density at radius 1 is 0.808 bits per heavy atom. The third kappa shape index (κ3) is 9.55. The zero-order valence-corrected chi connectivity index (χ0v) is 43.5. The molecule has 1 spiro atoms. The van der Waals surface area contributed by atoms with Gasteiger partial charge in [-0.2, -0.15) is 0 Å². The van der Waals surface area contributed by atoms with Crippen LogP contribution in [0, 0.1) is 11.3 Å². The van der Waals surface area contributed by atoms with Gasteiger partial charge in [-0.15, -0.1) is 0 Å². The number of ether oxygens (including phenoxy) is 4. The van der Waals surface area contributed by atoms with Gasteiger partial charge in [-0.3, -0.25) is 19.4 Å². The lowest BCUT2D eigenvalue weighted by Gasteiger charge is -2.63. The summed E-state index contributed by atoms with van der Waals surface area (Å²) in [6.07, 6.45) is -1.39. The number of aromatic amines is 1. The van der Waals surface area contributed by atoms with Crippen LogP contribution in [0.5, 0.6) is 5.75 Å². The van der Waals surface area contributed by atoms with E-state index in [2.05, 4.69) is 58.1 Å². The number of para-hydroxylation sites is 1. The average Bonchev–Trinajstić information content (AvgIpc) is 4.10. The van der Waals surface area contributed by atoms with Crippen LogP contribution in [0.1, 0.15) is 76.3 Å². The number of nitrogens with one attached hydrogen (secondary N) is 1. The van der Waals surface area contributed by atoms with Crippen LogP contribution in [0.3, 0.4) is 0 Å². The molecule has 24 nitrogen and oxygen atoms in total. The van der Waals surface area contributed by atoms with Crippen LogP contribution in [0.15, 0.2) is 60.2 Å². The van der Waals surface area contributed by atoms with Gasteiger partial charge in [-0.05, 0) is 61.4 Å². The highest BCUT2D eigenvalue weighted by Gasteiger charge is 2.80. The predicted octanol–water partition coefficient (Wildman–Crippen LogP) is 1.14. The number of carbonyl (C=O) groups is 7. The molecule has 78 heavy (non-hydrogen) atoms. The van der Waals surface area contributed by atoms with Gasteiger partial charge in [0.1, 0.15) is 11.2 Å². The van der Waals surface area contributed by atoms with Gasteiger partial charge in [0.25, 0.3) is 0 Å². The summed E-state index contributed by atoms with van der Waals surface area (Å²) in [6.45, 7) is 9.19. The number of aliphatic hydroxyl groups is 5. The second-order valence-corrected chi connectivity index (χ2v) is 20.3. The Bertz CT molecular complexity index is 2830. The topological polar surface area (TPSA) is 364 Å². The molecule has 6 heterocycles. The molecule has 5 aliphatic heterocycles. The fraction of sp³-hybridized carbons (Fsp3) is 0.537. The first kappa shape index (κ1) is 60.3. The Kier molecular flexibility index (Phi) is 17.6. The molecule has 9 rings (SSSR count). The average molecular weight is 1100 g/mol. The van der Waals surface area contributed by atoms with Crippen LogP contribution in [-0.4, -0.2) is 205 Å². The molecule has 1 aliphatic carbocycles. The van der Waals surface area contributed by atoms with Crippen molar-refractivity contribution in [1.29, 1.82) is 0 Å². The molecule has 2 fully saturated rings. The summed E-state index contributed by atoms with van der Waals surface area (Å²) in [6, 6.07) is 11.2. The standard InChI is InChI=1S/C45H54N4O8.2C4H6O6.CH4/c1-8-27-19-28-22-44(40(51)55-6,36-30(25-48(23-27)24-28)29-13-10-11-14-33(29)46-36)32-20-31-34(21-35(32)54-5)47(4)38-43(31)16-18-49-17-12-15-42(9-2,37(43)49)39(57-26(3)50)45(38,53)41(52)56-7;2*5-1(3(7)8)2(6)4(9)10;/h10-15,19-21,28,37-39,46,53H,8-9,16-18,22-25H2,1-7H3;2*1-2,5-6H,(H,7,8)(H,9,10);1H4/t28?,37-,38+,39+,42+,43+,44-,45-;2*1-,2-;/m011./s1. The maximum Gasteiger partial charge on any atom is 0.344 e. The van der Waals surface area contributed by atoms with Gasteiger partial charge in [0, 0.05) is 90.9 Å². The number of likely N-dealkylation sites (N-methyl/N-ethyl adjacent to an activating group) is 1. The van der Waals surface area contributed by atoms with Crippen molar-refractivity contribution in [3.63, 3.8) is 0 Å². The normalized spacial score (nSPS) is 29.6. The predicted molar refractivity (Wildman–Crippen MR) is 275 cm³/mol. The number of hydrogen-bond acceptors (Lipinski definition) is 19. The van der Waals surface area contributed by atoms with Gasteiger partial charge < -0.3 is 74.8 Å². The number of nitrogens with zero attached hydrogens (tertiary/aromatic N) is 3. The third-order valence-electron chi connectivity index (χ3n) is 16.4. The van der Waals surface area contributed by atoms with Crippen LogP contribution >= 0.6 is 0 Å². The molecule has 2 bridgehead atoms. The van der Waals surface area contributed by atoms with Crippen LogP contribution < -0.4 is 9.64 Å². The molecule has 10 N–H and O–H groups in total. The van der Waals surface area contributed by atoms with Crippen molar-refractivity contribution in [2.75, 3.05) is 59.5 Å². The number of H-pyrrole nitrogens is 1. The molecule has 24 heteroatoms. The minimum Gasteiger partial charge on any atom is -0.496 e. The summed E-state index contributed by atoms with van der Waals surface area (Å²) in [4.78, 5) is 92.2. The van der Waals surface area contributed by atoms with Crippen molar-refractivity contribution in [3.05, 3.63) is 82.6 Å². The van der Waals surface area contributed by atoms with Crippen molar-refractivity contribution in [3.8, 4) is 5.75 Å². The summed E-state index contributed by atoms with van der Waals surface area (Å²) >= 11 is 0. The van der Waals surface area contributed by atoms with Crippen molar-refractivity contribution < 1.29 is 98.5 Å². The van der Waals surface area contributed by atoms with E-state index in [4.69, 9.17) is 59.8 Å². The molecule has 2 aromatic carbocycles. The molecule has 1 saturated heterocycles. The summed E-state index contributed by atoms with van der Waals surface area (Å²) < 4.78 is 23.9. The number of carboxylic acid groups (broad SMARTS) is 4. The summed E-state index contributed by atoms with van der Waals surface area (Å²) in [5.41, 5.74) is 1.05. The number of aromatic nitrogens is 1. The van der Waals surface area contributed by atoms with Gasteiger partial charge in [0.05, 0.1) is 27.4 Å². The highest BCUT2D eigenvalue weighted by Crippen LogP contribution is 2.68. The fourth-order valence-electron chi connectivity index (χ4n) is 13.4. The number of carboxylic acids is 4. The van der Waals surface area contributed by atoms with E-state index in [1.165, 1.54) is 26.7 Å². The maximum absolute atomic E-state index is 15.2. The smallest absolute Gasteiger partial charge is 0.344 e. The Balaban J connectivity index is 0.000000398. The zero-order valence-electron chi connectivity index (χ0n) is 43.5. The van der Waals surface area contributed by atoms with E-state index < -0.39 is 94.2 Å². The quantitative estimate of drug-likeness (QED) is 0.0652. The number of fused-ring (bicyclic) bond motifs is 6. The van der Waals surface area contributed by atoms with Crippen LogP contribution in [0.4, 0.5) is 5.69 Å². The van der Waals surface area contributed by atoms with E-state index in [1.54, 1.807) is 7.11 Å². The number of hydrogen-bond donors (Lipinski definition) is 10. The number of anilines is 1. The molecule has 0 amide bonds. The number of carbonyl (C=O) groups excluding carboxylic acids is 3. The first-order chi connectivity index (χ1) is 36.3. The van der Waals surface area contributed by atoms with E-state index >= 15 is 4.79 Å². The van der Waals surface area contributed by atoms with Gasteiger partial charge in [0.2, 0.25) is 5.60 Å². The molecule has 6 aliphatic rings. The summed E-state index contributed by atoms with van der Waals surface area (Å²) in [5, 5.41) is 79.4. The summed E-state index contributed by atoms with van der Waals surface area (Å²) in [7, 11) is 6.22. The van der Waals surface area contributed by atoms with E-state index in [9.17, 15) is 33.9 Å². The van der Waals surface area contributed by atoms with E-state index in [0.717, 1.165) is 52.9 Å². The van der Waals surface area contributed by atoms with Crippen molar-refractivity contribution >= 4 is 58.4 Å². The molecule has 3 aromatic rings. The monoisotopic (exact) mass is 1090 g/mol. The Hall–Kier alpha value is -6.93. The van der Waals surface area contributed by atoms with Crippen LogP contribution in [0.25, 0.3) is 10.9 Å². The highest BCUT2D eigenvalue weighted by molar-refractivity contribution is 5.95. The van der Waals surface area contributed by atoms with Gasteiger partial charge in [-0.1, -0.05) is 63.3 Å². The lowest BCUT2D eigenvalue weighted by Crippen LogP contribution is -2.81. The van der Waals surface area contributed by atoms with Crippen molar-refractivity contribution in [2.45, 2.75) is 119 Å². The fourth-order valence-corrected chi connectivity index (χ4v) is 13.4. The van der Waals surface area contributed by atoms with Crippen LogP contribution in [-0.2, 0) is 65.1 Å². The molecule has 1 aromatic heterocycles. The molecule has 2 unspecified atom stereocenters. The molecular formula is C54H70N4O20. The van der Waals surface area contributed by atoms with Gasteiger partial charge >= 0.3 is 41.8 Å². The molecule has 13 atom stereocenters. The second-order valence-electron chi connectivity index (χ2n) is 20.3. The number of rotatable bonds is 13. The lowest BCUT2D eigenvalue weighted by molar-refractivity contribution is -0.228. The first-order valence-corrected chi connectivity index (χ1v) is 24.9. The first-order valence-electron chi connectivity index (χ1n) is 24.9. The molecule has 1 saturated carbocycles. The SMILES string of the molecule is C.CCC1=CC2CN(C1)Cc1c([nH]c3ccccc13)[C@@](C(=O)OC)(c1cc3c(cc1OC)N(C)[C@H]1[C@@](O)(C(=O)OC)[C@H](OC(C)=O)[C@]4(CC)C=CCN5CC[C@]31[C@@H]54)C2.O=C(O)[C@H](O)[C@@H](O)C(=O)O.O=C(O)[C@H](O)[C@@H](O)C(=O)O. The highest BCUT2D eigenvalue weighted by atomic mass is 16.6. The van der Waals surface area contributed by atoms with Crippen molar-refractivity contribution in [1.82, 2.24) is 14.8 Å². The number of methoxy groups -OCH3 is 3. The van der Waals surface area contributed by atoms with Crippen LogP contribution in [0.2, 0.25) is 0 Å². The zero-order chi connectivity index (χ0) is 56.9. The number of esters is 3. The molecular weight excluding hydrogens is 1020 g/mol. The van der Waals surface area contributed by atoms with E-state index in [1.807, 2.05) is 37.1 Å². The Morgan fingerprint density at radius 2 is 1.40 bits per heavy atom. The van der Waals surface area contributed by atoms with Crippen molar-refractivity contribution in [2.24, 2.45) is 11.3 Å². The molecule has 426 valence electrons. The Morgan fingerprint density at radius 3 is 1.92 bits per heavy atom. The minimum atomic E-state index is -2.27.